The SMILES string of the molecule is C[C@H](C(=O)c1c[nH]c2ccccc12)N1CCN(Cc2ccco2)CC1. The van der Waals surface area contributed by atoms with Gasteiger partial charge in [-0.15, -0.1) is 0 Å². The number of benzene rings is 1. The van der Waals surface area contributed by atoms with Crippen molar-refractivity contribution in [2.24, 2.45) is 0 Å². The lowest BCUT2D eigenvalue weighted by molar-refractivity contribution is 0.0675. The van der Waals surface area contributed by atoms with Crippen molar-refractivity contribution in [3.63, 3.8) is 0 Å². The number of fused-ring (bicyclic) bond motifs is 1. The molecule has 4 rings (SSSR count). The number of Topliss-reactive ketones (excluding diaryl/α,β-unsaturated/α-hetero) is 1. The summed E-state index contributed by atoms with van der Waals surface area (Å²) in [5.74, 6) is 1.19. The highest BCUT2D eigenvalue weighted by atomic mass is 16.3. The molecule has 0 saturated carbocycles. The fourth-order valence-corrected chi connectivity index (χ4v) is 3.60. The molecule has 3 heterocycles. The Labute approximate surface area is 147 Å². The molecule has 3 aromatic rings. The fraction of sp³-hybridized carbons (Fsp3) is 0.350. The lowest BCUT2D eigenvalue weighted by Crippen LogP contribution is -2.51. The molecule has 1 aliphatic heterocycles. The van der Waals surface area contributed by atoms with Gasteiger partial charge in [0.2, 0.25) is 0 Å². The summed E-state index contributed by atoms with van der Waals surface area (Å²) in [4.78, 5) is 20.8. The van der Waals surface area contributed by atoms with E-state index in [0.717, 1.165) is 55.0 Å². The van der Waals surface area contributed by atoms with Gasteiger partial charge in [0.15, 0.2) is 5.78 Å². The third-order valence-corrected chi connectivity index (χ3v) is 5.15. The molecule has 25 heavy (non-hydrogen) atoms. The zero-order valence-electron chi connectivity index (χ0n) is 14.4. The predicted octanol–water partition coefficient (Wildman–Crippen LogP) is 3.15. The van der Waals surface area contributed by atoms with Crippen LogP contribution < -0.4 is 0 Å². The van der Waals surface area contributed by atoms with Gasteiger partial charge in [-0.05, 0) is 25.1 Å². The maximum Gasteiger partial charge on any atom is 0.181 e. The first-order chi connectivity index (χ1) is 12.2. The van der Waals surface area contributed by atoms with Crippen LogP contribution in [0.25, 0.3) is 10.9 Å². The molecule has 1 atom stereocenters. The number of para-hydroxylation sites is 1. The molecule has 5 nitrogen and oxygen atoms in total. The monoisotopic (exact) mass is 337 g/mol. The Kier molecular flexibility index (Phi) is 4.42. The minimum atomic E-state index is -0.107. The summed E-state index contributed by atoms with van der Waals surface area (Å²) in [6.07, 6.45) is 3.56. The van der Waals surface area contributed by atoms with Crippen LogP contribution in [0.3, 0.4) is 0 Å². The number of aromatic amines is 1. The number of ketones is 1. The number of H-pyrrole nitrogens is 1. The number of hydrogen-bond donors (Lipinski definition) is 1. The first kappa shape index (κ1) is 16.1. The second-order valence-corrected chi connectivity index (χ2v) is 6.68. The number of nitrogens with zero attached hydrogens (tertiary/aromatic N) is 2. The van der Waals surface area contributed by atoms with Gasteiger partial charge in [0.05, 0.1) is 18.8 Å². The average Bonchev–Trinajstić information content (AvgIpc) is 3.31. The molecule has 0 bridgehead atoms. The number of aromatic nitrogens is 1. The van der Waals surface area contributed by atoms with Crippen LogP contribution in [0.5, 0.6) is 0 Å². The van der Waals surface area contributed by atoms with Crippen LogP contribution in [0.15, 0.2) is 53.3 Å². The molecule has 0 amide bonds. The fourth-order valence-electron chi connectivity index (χ4n) is 3.60. The van der Waals surface area contributed by atoms with E-state index in [1.807, 2.05) is 49.5 Å². The van der Waals surface area contributed by atoms with E-state index in [0.29, 0.717) is 0 Å². The Hall–Kier alpha value is -2.37. The molecule has 2 aromatic heterocycles. The van der Waals surface area contributed by atoms with Gasteiger partial charge in [0.1, 0.15) is 5.76 Å². The highest BCUT2D eigenvalue weighted by Crippen LogP contribution is 2.21. The van der Waals surface area contributed by atoms with Crippen molar-refractivity contribution in [1.29, 1.82) is 0 Å². The van der Waals surface area contributed by atoms with Crippen molar-refractivity contribution in [3.8, 4) is 0 Å². The molecule has 130 valence electrons. The Balaban J connectivity index is 1.40. The van der Waals surface area contributed by atoms with Crippen molar-refractivity contribution < 1.29 is 9.21 Å². The van der Waals surface area contributed by atoms with E-state index in [-0.39, 0.29) is 11.8 Å². The van der Waals surface area contributed by atoms with Crippen LogP contribution >= 0.6 is 0 Å². The summed E-state index contributed by atoms with van der Waals surface area (Å²) in [5.41, 5.74) is 1.81. The van der Waals surface area contributed by atoms with Crippen LogP contribution in [0, 0.1) is 0 Å². The maximum absolute atomic E-state index is 13.0. The molecule has 1 aromatic carbocycles. The molecule has 1 aliphatic rings. The molecule has 0 unspecified atom stereocenters. The van der Waals surface area contributed by atoms with Crippen LogP contribution in [0.4, 0.5) is 0 Å². The number of rotatable bonds is 5. The summed E-state index contributed by atoms with van der Waals surface area (Å²) in [6, 6.07) is 11.8. The molecule has 0 spiro atoms. The number of carbonyl (C=O) groups is 1. The number of carbonyl (C=O) groups excluding carboxylic acids is 1. The third kappa shape index (κ3) is 3.25. The minimum absolute atomic E-state index is 0.107. The van der Waals surface area contributed by atoms with Gasteiger partial charge in [0.25, 0.3) is 0 Å². The van der Waals surface area contributed by atoms with Gasteiger partial charge in [-0.2, -0.15) is 0 Å². The van der Waals surface area contributed by atoms with Crippen molar-refractivity contribution in [1.82, 2.24) is 14.8 Å². The second kappa shape index (κ2) is 6.86. The van der Waals surface area contributed by atoms with Crippen molar-refractivity contribution in [2.45, 2.75) is 19.5 Å². The molecule has 1 fully saturated rings. The minimum Gasteiger partial charge on any atom is -0.468 e. The number of piperazine rings is 1. The topological polar surface area (TPSA) is 52.5 Å². The summed E-state index contributed by atoms with van der Waals surface area (Å²) in [7, 11) is 0. The van der Waals surface area contributed by atoms with Gasteiger partial charge in [-0.1, -0.05) is 18.2 Å². The molecule has 0 radical (unpaired) electrons. The zero-order valence-corrected chi connectivity index (χ0v) is 14.4. The zero-order chi connectivity index (χ0) is 17.2. The second-order valence-electron chi connectivity index (χ2n) is 6.68. The average molecular weight is 337 g/mol. The van der Waals surface area contributed by atoms with Crippen molar-refractivity contribution in [2.75, 3.05) is 26.2 Å². The van der Waals surface area contributed by atoms with Gasteiger partial charge in [-0.25, -0.2) is 0 Å². The summed E-state index contributed by atoms with van der Waals surface area (Å²) >= 11 is 0. The summed E-state index contributed by atoms with van der Waals surface area (Å²) < 4.78 is 5.43. The Morgan fingerprint density at radius 1 is 1.16 bits per heavy atom. The van der Waals surface area contributed by atoms with E-state index < -0.39 is 0 Å². The normalized spacial score (nSPS) is 17.8. The number of nitrogens with one attached hydrogen (secondary N) is 1. The summed E-state index contributed by atoms with van der Waals surface area (Å²) in [6.45, 7) is 6.56. The third-order valence-electron chi connectivity index (χ3n) is 5.15. The Morgan fingerprint density at radius 2 is 1.96 bits per heavy atom. The first-order valence-electron chi connectivity index (χ1n) is 8.81. The molecule has 0 aliphatic carbocycles. The smallest absolute Gasteiger partial charge is 0.181 e. The van der Waals surface area contributed by atoms with Gasteiger partial charge < -0.3 is 9.40 Å². The molecular weight excluding hydrogens is 314 g/mol. The number of furan rings is 1. The predicted molar refractivity (Wildman–Crippen MR) is 97.6 cm³/mol. The van der Waals surface area contributed by atoms with E-state index in [4.69, 9.17) is 4.42 Å². The standard InChI is InChI=1S/C20H23N3O2/c1-15(20(24)18-13-21-19-7-3-2-6-17(18)19)23-10-8-22(9-11-23)14-16-5-4-12-25-16/h2-7,12-13,15,21H,8-11,14H2,1H3/t15-/m1/s1. The molecular formula is C20H23N3O2. The lowest BCUT2D eigenvalue weighted by Gasteiger charge is -2.37. The molecule has 1 saturated heterocycles. The van der Waals surface area contributed by atoms with Crippen molar-refractivity contribution in [3.05, 3.63) is 60.2 Å². The van der Waals surface area contributed by atoms with Crippen LogP contribution in [-0.2, 0) is 6.54 Å². The van der Waals surface area contributed by atoms with E-state index in [1.54, 1.807) is 6.26 Å². The van der Waals surface area contributed by atoms with E-state index in [9.17, 15) is 4.79 Å². The largest absolute Gasteiger partial charge is 0.468 e. The van der Waals surface area contributed by atoms with Gasteiger partial charge in [-0.3, -0.25) is 14.6 Å². The highest BCUT2D eigenvalue weighted by Gasteiger charge is 2.27. The summed E-state index contributed by atoms with van der Waals surface area (Å²) in [5, 5.41) is 1.01. The highest BCUT2D eigenvalue weighted by molar-refractivity contribution is 6.10. The van der Waals surface area contributed by atoms with E-state index in [1.165, 1.54) is 0 Å². The maximum atomic E-state index is 13.0. The van der Waals surface area contributed by atoms with Crippen LogP contribution in [-0.4, -0.2) is 52.8 Å². The Bertz CT molecular complexity index is 845. The van der Waals surface area contributed by atoms with Gasteiger partial charge in [0, 0.05) is 48.8 Å². The van der Waals surface area contributed by atoms with E-state index in [2.05, 4.69) is 14.8 Å². The van der Waals surface area contributed by atoms with Crippen LogP contribution in [0.2, 0.25) is 0 Å². The molecule has 1 N–H and O–H groups in total. The van der Waals surface area contributed by atoms with Gasteiger partial charge >= 0.3 is 0 Å². The first-order valence-corrected chi connectivity index (χ1v) is 8.81. The number of hydrogen-bond acceptors (Lipinski definition) is 4. The van der Waals surface area contributed by atoms with E-state index >= 15 is 0 Å². The molecule has 5 heteroatoms. The Morgan fingerprint density at radius 3 is 2.72 bits per heavy atom. The van der Waals surface area contributed by atoms with Crippen molar-refractivity contribution >= 4 is 16.7 Å². The van der Waals surface area contributed by atoms with Crippen LogP contribution in [0.1, 0.15) is 23.0 Å². The quantitative estimate of drug-likeness (QED) is 0.727. The lowest BCUT2D eigenvalue weighted by atomic mass is 10.0.